The summed E-state index contributed by atoms with van der Waals surface area (Å²) < 4.78 is 53.6. The van der Waals surface area contributed by atoms with Crippen LogP contribution in [0.1, 0.15) is 32.7 Å². The minimum absolute atomic E-state index is 0.0365. The first kappa shape index (κ1) is 27.1. The molecule has 4 rings (SSSR count). The summed E-state index contributed by atoms with van der Waals surface area (Å²) in [5.41, 5.74) is 0.492. The predicted octanol–water partition coefficient (Wildman–Crippen LogP) is 5.56. The number of hydrogen-bond donors (Lipinski definition) is 1. The molecule has 3 aromatic carbocycles. The molecule has 0 spiro atoms. The highest BCUT2D eigenvalue weighted by Crippen LogP contribution is 2.32. The maximum Gasteiger partial charge on any atom is 0.416 e. The molecule has 1 N–H and O–H groups in total. The second kappa shape index (κ2) is 11.2. The van der Waals surface area contributed by atoms with E-state index in [1.165, 1.54) is 18.3 Å². The summed E-state index contributed by atoms with van der Waals surface area (Å²) >= 11 is 0. The van der Waals surface area contributed by atoms with Gasteiger partial charge >= 0.3 is 6.18 Å². The van der Waals surface area contributed by atoms with Crippen molar-refractivity contribution in [2.75, 3.05) is 6.26 Å². The summed E-state index contributed by atoms with van der Waals surface area (Å²) in [7, 11) is -1.13. The lowest BCUT2D eigenvalue weighted by Crippen LogP contribution is -2.31. The summed E-state index contributed by atoms with van der Waals surface area (Å²) in [4.78, 5) is 27.4. The van der Waals surface area contributed by atoms with Crippen LogP contribution in [0.25, 0.3) is 11.1 Å². The Balaban J connectivity index is 1.75. The van der Waals surface area contributed by atoms with Gasteiger partial charge < -0.3 is 9.88 Å². The maximum absolute atomic E-state index is 13.5. The molecule has 0 radical (unpaired) electrons. The first-order valence-electron chi connectivity index (χ1n) is 11.7. The molecule has 1 aromatic heterocycles. The second-order valence-electron chi connectivity index (χ2n) is 8.81. The van der Waals surface area contributed by atoms with E-state index in [1.54, 1.807) is 42.0 Å². The number of nitrogens with zero attached hydrogens (tertiary/aromatic N) is 1. The predicted molar refractivity (Wildman–Crippen MR) is 141 cm³/mol. The van der Waals surface area contributed by atoms with Gasteiger partial charge in [-0.05, 0) is 47.9 Å². The van der Waals surface area contributed by atoms with Gasteiger partial charge in [-0.15, -0.1) is 0 Å². The molecular formula is C29H25F3N2O3S. The molecule has 0 aliphatic rings. The monoisotopic (exact) mass is 538 g/mol. The number of alkyl halides is 3. The second-order valence-corrected chi connectivity index (χ2v) is 10.2. The fourth-order valence-corrected chi connectivity index (χ4v) is 4.65. The van der Waals surface area contributed by atoms with Crippen molar-refractivity contribution in [1.29, 1.82) is 0 Å². The topological polar surface area (TPSA) is 68.2 Å². The number of pyridine rings is 1. The minimum Gasteiger partial charge on any atom is -0.348 e. The van der Waals surface area contributed by atoms with Crippen LogP contribution in [0.4, 0.5) is 13.2 Å². The average molecular weight is 539 g/mol. The number of benzene rings is 3. The molecule has 0 aliphatic heterocycles. The molecule has 38 heavy (non-hydrogen) atoms. The first-order valence-corrected chi connectivity index (χ1v) is 13.3. The maximum atomic E-state index is 13.5. The van der Waals surface area contributed by atoms with Crippen LogP contribution in [0.3, 0.4) is 0 Å². The number of rotatable bonds is 7. The molecule has 0 bridgehead atoms. The molecule has 9 heteroatoms. The Morgan fingerprint density at radius 3 is 2.26 bits per heavy atom. The fourth-order valence-electron chi connectivity index (χ4n) is 4.13. The van der Waals surface area contributed by atoms with Crippen molar-refractivity contribution in [3.8, 4) is 11.1 Å². The highest BCUT2D eigenvalue weighted by molar-refractivity contribution is 7.84. The summed E-state index contributed by atoms with van der Waals surface area (Å²) in [5.74, 6) is -0.645. The van der Waals surface area contributed by atoms with E-state index < -0.39 is 33.9 Å². The number of hydrogen-bond acceptors (Lipinski definition) is 3. The van der Waals surface area contributed by atoms with E-state index in [9.17, 15) is 27.0 Å². The number of halogens is 3. The number of carbonyl (C=O) groups is 1. The quantitative estimate of drug-likeness (QED) is 0.335. The zero-order valence-electron chi connectivity index (χ0n) is 20.7. The Bertz CT molecular complexity index is 1550. The van der Waals surface area contributed by atoms with Crippen LogP contribution in [0.2, 0.25) is 0 Å². The van der Waals surface area contributed by atoms with Crippen molar-refractivity contribution in [1.82, 2.24) is 9.88 Å². The van der Waals surface area contributed by atoms with Crippen molar-refractivity contribution < 1.29 is 22.2 Å². The third-order valence-corrected chi connectivity index (χ3v) is 7.11. The first-order chi connectivity index (χ1) is 18.0. The van der Waals surface area contributed by atoms with Gasteiger partial charge in [0.2, 0.25) is 5.43 Å². The molecule has 1 heterocycles. The van der Waals surface area contributed by atoms with Crippen LogP contribution in [-0.4, -0.2) is 20.9 Å². The van der Waals surface area contributed by atoms with Gasteiger partial charge in [-0.3, -0.25) is 13.8 Å². The standard InChI is InChI=1S/C29H25F3N2O3S/c1-19-26(22-9-6-10-23(15-22)29(30,31)32)27(35)25(18-34(19)17-21-7-4-3-5-8-21)28(36)33-16-20-11-13-24(14-12-20)38(2)37/h3-15,18H,16-17H2,1-2H3,(H,33,36). The fraction of sp³-hybridized carbons (Fsp3) is 0.172. The zero-order chi connectivity index (χ0) is 27.4. The Morgan fingerprint density at radius 2 is 1.63 bits per heavy atom. The van der Waals surface area contributed by atoms with Crippen LogP contribution in [-0.2, 0) is 30.1 Å². The number of nitrogens with one attached hydrogen (secondary N) is 1. The lowest BCUT2D eigenvalue weighted by atomic mass is 9.98. The van der Waals surface area contributed by atoms with Crippen LogP contribution >= 0.6 is 0 Å². The molecule has 0 saturated carbocycles. The average Bonchev–Trinajstić information content (AvgIpc) is 2.89. The molecule has 196 valence electrons. The van der Waals surface area contributed by atoms with Crippen LogP contribution < -0.4 is 10.7 Å². The van der Waals surface area contributed by atoms with E-state index in [4.69, 9.17) is 0 Å². The summed E-state index contributed by atoms with van der Waals surface area (Å²) in [6, 6.07) is 20.7. The highest BCUT2D eigenvalue weighted by atomic mass is 32.2. The Kier molecular flexibility index (Phi) is 7.97. The normalized spacial score (nSPS) is 12.2. The molecule has 0 aliphatic carbocycles. The van der Waals surface area contributed by atoms with Crippen LogP contribution in [0.5, 0.6) is 0 Å². The highest BCUT2D eigenvalue weighted by Gasteiger charge is 2.31. The Morgan fingerprint density at radius 1 is 0.947 bits per heavy atom. The van der Waals surface area contributed by atoms with Gasteiger partial charge in [0.1, 0.15) is 5.56 Å². The van der Waals surface area contributed by atoms with Gasteiger partial charge in [0.25, 0.3) is 5.91 Å². The van der Waals surface area contributed by atoms with Gasteiger partial charge in [-0.2, -0.15) is 13.2 Å². The van der Waals surface area contributed by atoms with Gasteiger partial charge in [-0.25, -0.2) is 0 Å². The largest absolute Gasteiger partial charge is 0.416 e. The van der Waals surface area contributed by atoms with E-state index in [2.05, 4.69) is 5.32 Å². The number of amides is 1. The van der Waals surface area contributed by atoms with Crippen molar-refractivity contribution in [3.05, 3.63) is 123 Å². The van der Waals surface area contributed by atoms with Crippen LogP contribution in [0, 0.1) is 6.92 Å². The lowest BCUT2D eigenvalue weighted by molar-refractivity contribution is -0.137. The molecule has 1 unspecified atom stereocenters. The molecule has 1 amide bonds. The molecule has 1 atom stereocenters. The van der Waals surface area contributed by atoms with Crippen molar-refractivity contribution in [2.24, 2.45) is 0 Å². The zero-order valence-corrected chi connectivity index (χ0v) is 21.5. The van der Waals surface area contributed by atoms with E-state index in [1.807, 2.05) is 30.3 Å². The van der Waals surface area contributed by atoms with Gasteiger partial charge in [0.05, 0.1) is 5.56 Å². The molecular weight excluding hydrogens is 513 g/mol. The van der Waals surface area contributed by atoms with E-state index in [0.717, 1.165) is 23.3 Å². The third-order valence-electron chi connectivity index (χ3n) is 6.18. The molecule has 5 nitrogen and oxygen atoms in total. The summed E-state index contributed by atoms with van der Waals surface area (Å²) in [5, 5.41) is 2.72. The number of aromatic nitrogens is 1. The van der Waals surface area contributed by atoms with Gasteiger partial charge in [0.15, 0.2) is 0 Å². The third kappa shape index (κ3) is 6.11. The summed E-state index contributed by atoms with van der Waals surface area (Å²) in [6.07, 6.45) is -1.57. The Hall–Kier alpha value is -3.98. The minimum atomic E-state index is -4.58. The Labute approximate surface area is 220 Å². The summed E-state index contributed by atoms with van der Waals surface area (Å²) in [6.45, 7) is 2.08. The molecule has 0 saturated heterocycles. The molecule has 0 fully saturated rings. The molecule has 4 aromatic rings. The smallest absolute Gasteiger partial charge is 0.348 e. The number of carbonyl (C=O) groups excluding carboxylic acids is 1. The van der Waals surface area contributed by atoms with Crippen molar-refractivity contribution >= 4 is 16.7 Å². The van der Waals surface area contributed by atoms with Gasteiger partial charge in [-0.1, -0.05) is 54.6 Å². The van der Waals surface area contributed by atoms with Gasteiger partial charge in [0, 0.05) is 52.5 Å². The SMILES string of the molecule is Cc1c(-c2cccc(C(F)(F)F)c2)c(=O)c(C(=O)NCc2ccc(S(C)=O)cc2)cn1Cc1ccccc1. The van der Waals surface area contributed by atoms with E-state index in [0.29, 0.717) is 17.1 Å². The van der Waals surface area contributed by atoms with Crippen LogP contribution in [0.15, 0.2) is 94.7 Å². The van der Waals surface area contributed by atoms with E-state index in [-0.39, 0.29) is 23.2 Å². The van der Waals surface area contributed by atoms with Crippen molar-refractivity contribution in [2.45, 2.75) is 31.1 Å². The lowest BCUT2D eigenvalue weighted by Gasteiger charge is -2.18. The van der Waals surface area contributed by atoms with Crippen molar-refractivity contribution in [3.63, 3.8) is 0 Å². The van der Waals surface area contributed by atoms with E-state index >= 15 is 0 Å².